The third kappa shape index (κ3) is 6.02. The average molecular weight is 507 g/mol. The molecule has 0 spiro atoms. The van der Waals surface area contributed by atoms with Gasteiger partial charge in [0.2, 0.25) is 5.91 Å². The van der Waals surface area contributed by atoms with Gasteiger partial charge in [0.25, 0.3) is 0 Å². The number of carbonyl (C=O) groups is 2. The zero-order valence-corrected chi connectivity index (χ0v) is 20.5. The highest BCUT2D eigenvalue weighted by Gasteiger charge is 2.16. The SMILES string of the molecule is CNC(=O)Nc1nc(N)c(-c2nc(-c3cccc(NC(=O)C=Cc4cccc(OC)c4)c3)cs2)s1. The van der Waals surface area contributed by atoms with E-state index in [0.29, 0.717) is 26.5 Å². The van der Waals surface area contributed by atoms with Crippen LogP contribution < -0.4 is 26.4 Å². The van der Waals surface area contributed by atoms with Gasteiger partial charge in [-0.3, -0.25) is 10.1 Å². The summed E-state index contributed by atoms with van der Waals surface area (Å²) in [6.07, 6.45) is 3.19. The molecule has 0 atom stereocenters. The number of aromatic nitrogens is 2. The lowest BCUT2D eigenvalue weighted by Crippen LogP contribution is -2.24. The van der Waals surface area contributed by atoms with Crippen molar-refractivity contribution in [3.8, 4) is 26.9 Å². The predicted octanol–water partition coefficient (Wildman–Crippen LogP) is 4.93. The number of thiazole rings is 2. The van der Waals surface area contributed by atoms with Crippen LogP contribution in [0.3, 0.4) is 0 Å². The second kappa shape index (κ2) is 10.8. The Labute approximate surface area is 209 Å². The van der Waals surface area contributed by atoms with Gasteiger partial charge in [-0.05, 0) is 35.9 Å². The molecule has 178 valence electrons. The number of carbonyl (C=O) groups excluding carboxylic acids is 2. The Morgan fingerprint density at radius 2 is 1.91 bits per heavy atom. The Morgan fingerprint density at radius 1 is 1.09 bits per heavy atom. The standard InChI is InChI=1S/C24H22N6O3S2/c1-26-23(32)30-24-29-21(25)20(35-24)22-28-18(13-34-22)15-6-4-7-16(12-15)27-19(31)10-9-14-5-3-8-17(11-14)33-2/h3-13H,25H2,1-2H3,(H,27,31)(H2,26,29,30,32). The number of anilines is 3. The maximum atomic E-state index is 12.4. The average Bonchev–Trinajstić information content (AvgIpc) is 3.49. The minimum absolute atomic E-state index is 0.252. The molecule has 3 amide bonds. The minimum atomic E-state index is -0.373. The van der Waals surface area contributed by atoms with E-state index in [2.05, 4.69) is 25.9 Å². The van der Waals surface area contributed by atoms with Gasteiger partial charge in [-0.15, -0.1) is 11.3 Å². The molecule has 0 saturated heterocycles. The maximum absolute atomic E-state index is 12.4. The molecule has 11 heteroatoms. The fourth-order valence-electron chi connectivity index (χ4n) is 3.07. The Balaban J connectivity index is 1.46. The van der Waals surface area contributed by atoms with E-state index >= 15 is 0 Å². The Morgan fingerprint density at radius 3 is 2.71 bits per heavy atom. The van der Waals surface area contributed by atoms with Gasteiger partial charge in [-0.1, -0.05) is 35.6 Å². The highest BCUT2D eigenvalue weighted by molar-refractivity contribution is 7.23. The van der Waals surface area contributed by atoms with Gasteiger partial charge in [0.1, 0.15) is 21.5 Å². The molecule has 0 aliphatic carbocycles. The first-order valence-electron chi connectivity index (χ1n) is 10.4. The van der Waals surface area contributed by atoms with Crippen LogP contribution in [0.2, 0.25) is 0 Å². The quantitative estimate of drug-likeness (QED) is 0.263. The van der Waals surface area contributed by atoms with Gasteiger partial charge >= 0.3 is 6.03 Å². The van der Waals surface area contributed by atoms with Crippen LogP contribution in [0.4, 0.5) is 21.4 Å². The number of benzene rings is 2. The summed E-state index contributed by atoms with van der Waals surface area (Å²) in [5.41, 5.74) is 9.12. The van der Waals surface area contributed by atoms with E-state index in [0.717, 1.165) is 22.6 Å². The normalized spacial score (nSPS) is 10.8. The second-order valence-corrected chi connectivity index (χ2v) is 9.01. The molecule has 0 bridgehead atoms. The van der Waals surface area contributed by atoms with Gasteiger partial charge in [0.15, 0.2) is 5.13 Å². The molecule has 4 rings (SSSR count). The molecule has 35 heavy (non-hydrogen) atoms. The molecule has 0 unspecified atom stereocenters. The van der Waals surface area contributed by atoms with Gasteiger partial charge in [0.05, 0.1) is 12.8 Å². The number of rotatable bonds is 7. The molecule has 0 radical (unpaired) electrons. The number of nitrogens with zero attached hydrogens (tertiary/aromatic N) is 2. The summed E-state index contributed by atoms with van der Waals surface area (Å²) < 4.78 is 5.20. The van der Waals surface area contributed by atoms with Crippen LogP contribution >= 0.6 is 22.7 Å². The highest BCUT2D eigenvalue weighted by atomic mass is 32.1. The number of urea groups is 1. The van der Waals surface area contributed by atoms with Crippen molar-refractivity contribution >= 4 is 57.3 Å². The Bertz CT molecular complexity index is 1400. The van der Waals surface area contributed by atoms with Crippen LogP contribution in [0.25, 0.3) is 27.2 Å². The topological polar surface area (TPSA) is 131 Å². The van der Waals surface area contributed by atoms with Crippen molar-refractivity contribution in [3.05, 3.63) is 65.6 Å². The van der Waals surface area contributed by atoms with Crippen molar-refractivity contribution in [2.45, 2.75) is 0 Å². The number of hydrogen-bond acceptors (Lipinski definition) is 8. The van der Waals surface area contributed by atoms with Gasteiger partial charge in [-0.25, -0.2) is 14.8 Å². The monoisotopic (exact) mass is 506 g/mol. The first-order valence-corrected chi connectivity index (χ1v) is 12.1. The zero-order valence-electron chi connectivity index (χ0n) is 18.9. The maximum Gasteiger partial charge on any atom is 0.320 e. The fraction of sp³-hybridized carbons (Fsp3) is 0.0833. The van der Waals surface area contributed by atoms with Gasteiger partial charge < -0.3 is 21.1 Å². The summed E-state index contributed by atoms with van der Waals surface area (Å²) in [5, 5.41) is 10.9. The smallest absolute Gasteiger partial charge is 0.320 e. The lowest BCUT2D eigenvalue weighted by atomic mass is 10.1. The van der Waals surface area contributed by atoms with E-state index in [1.807, 2.05) is 53.9 Å². The summed E-state index contributed by atoms with van der Waals surface area (Å²) in [6, 6.07) is 14.5. The summed E-state index contributed by atoms with van der Waals surface area (Å²) in [7, 11) is 3.12. The summed E-state index contributed by atoms with van der Waals surface area (Å²) in [5.74, 6) is 0.769. The molecule has 4 aromatic rings. The van der Waals surface area contributed by atoms with E-state index in [1.165, 1.54) is 35.8 Å². The fourth-order valence-corrected chi connectivity index (χ4v) is 4.87. The van der Waals surface area contributed by atoms with Crippen molar-refractivity contribution in [3.63, 3.8) is 0 Å². The first-order chi connectivity index (χ1) is 16.9. The second-order valence-electron chi connectivity index (χ2n) is 7.16. The van der Waals surface area contributed by atoms with Crippen molar-refractivity contribution < 1.29 is 14.3 Å². The van der Waals surface area contributed by atoms with Crippen LogP contribution in [-0.2, 0) is 4.79 Å². The van der Waals surface area contributed by atoms with E-state index in [9.17, 15) is 9.59 Å². The molecule has 9 nitrogen and oxygen atoms in total. The first kappa shape index (κ1) is 23.9. The lowest BCUT2D eigenvalue weighted by Gasteiger charge is -2.04. The Kier molecular flexibility index (Phi) is 7.38. The van der Waals surface area contributed by atoms with E-state index in [4.69, 9.17) is 10.5 Å². The number of hydrogen-bond donors (Lipinski definition) is 4. The number of ether oxygens (including phenoxy) is 1. The summed E-state index contributed by atoms with van der Waals surface area (Å²) in [6.45, 7) is 0. The molecule has 2 heterocycles. The van der Waals surface area contributed by atoms with Crippen LogP contribution in [0.15, 0.2) is 60.0 Å². The molecule has 0 fully saturated rings. The third-order valence-electron chi connectivity index (χ3n) is 4.75. The van der Waals surface area contributed by atoms with Crippen LogP contribution in [0, 0.1) is 0 Å². The van der Waals surface area contributed by atoms with Crippen molar-refractivity contribution in [1.29, 1.82) is 0 Å². The summed E-state index contributed by atoms with van der Waals surface area (Å²) >= 11 is 2.67. The van der Waals surface area contributed by atoms with Gasteiger partial charge in [0, 0.05) is 29.8 Å². The minimum Gasteiger partial charge on any atom is -0.497 e. The molecule has 2 aromatic heterocycles. The number of amides is 3. The third-order valence-corrected chi connectivity index (χ3v) is 6.73. The molecule has 5 N–H and O–H groups in total. The van der Waals surface area contributed by atoms with E-state index < -0.39 is 0 Å². The molecule has 0 aliphatic rings. The molecule has 0 saturated carbocycles. The largest absolute Gasteiger partial charge is 0.497 e. The molecular weight excluding hydrogens is 484 g/mol. The number of methoxy groups -OCH3 is 1. The van der Waals surface area contributed by atoms with Crippen LogP contribution in [0.1, 0.15) is 5.56 Å². The number of nitrogens with one attached hydrogen (secondary N) is 3. The van der Waals surface area contributed by atoms with Crippen molar-refractivity contribution in [1.82, 2.24) is 15.3 Å². The van der Waals surface area contributed by atoms with Crippen molar-refractivity contribution in [2.75, 3.05) is 30.5 Å². The van der Waals surface area contributed by atoms with E-state index in [-0.39, 0.29) is 11.9 Å². The zero-order chi connectivity index (χ0) is 24.8. The van der Waals surface area contributed by atoms with E-state index in [1.54, 1.807) is 13.2 Å². The number of nitrogen functional groups attached to an aromatic ring is 1. The molecular formula is C24H22N6O3S2. The summed E-state index contributed by atoms with van der Waals surface area (Å²) in [4.78, 5) is 33.5. The number of nitrogens with two attached hydrogens (primary N) is 1. The molecule has 2 aromatic carbocycles. The predicted molar refractivity (Wildman–Crippen MR) is 142 cm³/mol. The highest BCUT2D eigenvalue weighted by Crippen LogP contribution is 2.38. The Hall–Kier alpha value is -4.22. The van der Waals surface area contributed by atoms with Crippen LogP contribution in [-0.4, -0.2) is 36.1 Å². The van der Waals surface area contributed by atoms with Gasteiger partial charge in [-0.2, -0.15) is 0 Å². The van der Waals surface area contributed by atoms with Crippen molar-refractivity contribution in [2.24, 2.45) is 0 Å². The lowest BCUT2D eigenvalue weighted by molar-refractivity contribution is -0.111. The van der Waals surface area contributed by atoms with Crippen LogP contribution in [0.5, 0.6) is 5.75 Å². The molecule has 0 aliphatic heterocycles.